The number of hydrogen-bond donors (Lipinski definition) is 0. The number of unbranched alkanes of at least 4 members (excludes halogenated alkanes) is 1. The van der Waals surface area contributed by atoms with Gasteiger partial charge in [-0.25, -0.2) is 0 Å². The van der Waals surface area contributed by atoms with Gasteiger partial charge in [-0.3, -0.25) is 4.99 Å². The zero-order valence-electron chi connectivity index (χ0n) is 7.79. The first-order chi connectivity index (χ1) is 5.92. The molecular weight excluding hydrogens is 150 g/mol. The monoisotopic (exact) mass is 167 g/mol. The van der Waals surface area contributed by atoms with Gasteiger partial charge < -0.3 is 9.80 Å². The number of rotatable bonds is 3. The molecule has 0 radical (unpaired) electrons. The third-order valence-corrected chi connectivity index (χ3v) is 2.61. The highest BCUT2D eigenvalue weighted by Gasteiger charge is 2.28. The molecule has 0 spiro atoms. The molecule has 2 rings (SSSR count). The molecule has 1 fully saturated rings. The molecule has 3 heteroatoms. The van der Waals surface area contributed by atoms with Gasteiger partial charge in [-0.1, -0.05) is 13.3 Å². The van der Waals surface area contributed by atoms with E-state index in [1.165, 1.54) is 38.4 Å². The maximum atomic E-state index is 4.50. The molecule has 0 bridgehead atoms. The molecule has 12 heavy (non-hydrogen) atoms. The molecule has 2 heterocycles. The lowest BCUT2D eigenvalue weighted by Gasteiger charge is -2.17. The molecule has 68 valence electrons. The second-order valence-electron chi connectivity index (χ2n) is 3.51. The van der Waals surface area contributed by atoms with Crippen molar-refractivity contribution in [2.24, 2.45) is 4.99 Å². The minimum Gasteiger partial charge on any atom is -0.341 e. The van der Waals surface area contributed by atoms with Crippen molar-refractivity contribution in [3.63, 3.8) is 0 Å². The van der Waals surface area contributed by atoms with Crippen LogP contribution in [0.4, 0.5) is 0 Å². The van der Waals surface area contributed by atoms with Gasteiger partial charge in [0.25, 0.3) is 0 Å². The molecule has 0 saturated carbocycles. The smallest absolute Gasteiger partial charge is 0.196 e. The number of nitrogens with zero attached hydrogens (tertiary/aromatic N) is 3. The second kappa shape index (κ2) is 3.33. The van der Waals surface area contributed by atoms with E-state index in [0.717, 1.165) is 13.1 Å². The minimum absolute atomic E-state index is 1.01. The van der Waals surface area contributed by atoms with Gasteiger partial charge in [0.1, 0.15) is 0 Å². The number of hydrogen-bond acceptors (Lipinski definition) is 3. The Morgan fingerprint density at radius 1 is 1.33 bits per heavy atom. The molecule has 2 aliphatic rings. The Hall–Kier alpha value is -0.730. The van der Waals surface area contributed by atoms with Crippen LogP contribution >= 0.6 is 0 Å². The summed E-state index contributed by atoms with van der Waals surface area (Å²) in [7, 11) is 0. The first kappa shape index (κ1) is 7.90. The van der Waals surface area contributed by atoms with Crippen molar-refractivity contribution in [1.82, 2.24) is 9.80 Å². The molecule has 1 saturated heterocycles. The first-order valence-electron chi connectivity index (χ1n) is 4.96. The molecule has 0 aromatic carbocycles. The van der Waals surface area contributed by atoms with Gasteiger partial charge in [0.05, 0.1) is 6.54 Å². The summed E-state index contributed by atoms with van der Waals surface area (Å²) in [6.07, 6.45) is 2.58. The molecular formula is C9H17N3. The molecule has 0 aliphatic carbocycles. The van der Waals surface area contributed by atoms with E-state index in [9.17, 15) is 0 Å². The Morgan fingerprint density at radius 2 is 2.25 bits per heavy atom. The van der Waals surface area contributed by atoms with E-state index in [1.54, 1.807) is 0 Å². The van der Waals surface area contributed by atoms with Gasteiger partial charge in [0.2, 0.25) is 0 Å². The highest BCUT2D eigenvalue weighted by molar-refractivity contribution is 5.83. The fourth-order valence-electron chi connectivity index (χ4n) is 1.88. The van der Waals surface area contributed by atoms with E-state index >= 15 is 0 Å². The normalized spacial score (nSPS) is 21.6. The standard InChI is InChI=1S/C9H17N3/c1-2-3-5-11-7-8-12-6-4-10-9(11)12/h2-8H2,1H3. The molecule has 0 unspecified atom stereocenters. The van der Waals surface area contributed by atoms with Gasteiger partial charge in [-0.2, -0.15) is 0 Å². The summed E-state index contributed by atoms with van der Waals surface area (Å²) in [5.74, 6) is 1.27. The average Bonchev–Trinajstić information content (AvgIpc) is 2.62. The average molecular weight is 167 g/mol. The van der Waals surface area contributed by atoms with E-state index in [4.69, 9.17) is 0 Å². The lowest BCUT2D eigenvalue weighted by atomic mass is 10.3. The fraction of sp³-hybridized carbons (Fsp3) is 0.889. The van der Waals surface area contributed by atoms with Gasteiger partial charge in [0.15, 0.2) is 5.96 Å². The van der Waals surface area contributed by atoms with Crippen molar-refractivity contribution in [3.05, 3.63) is 0 Å². The second-order valence-corrected chi connectivity index (χ2v) is 3.51. The molecule has 0 amide bonds. The predicted molar refractivity (Wildman–Crippen MR) is 50.4 cm³/mol. The Morgan fingerprint density at radius 3 is 3.08 bits per heavy atom. The van der Waals surface area contributed by atoms with Gasteiger partial charge in [-0.15, -0.1) is 0 Å². The summed E-state index contributed by atoms with van der Waals surface area (Å²) >= 11 is 0. The van der Waals surface area contributed by atoms with E-state index < -0.39 is 0 Å². The van der Waals surface area contributed by atoms with Crippen LogP contribution in [0.3, 0.4) is 0 Å². The van der Waals surface area contributed by atoms with Crippen molar-refractivity contribution < 1.29 is 0 Å². The summed E-state index contributed by atoms with van der Waals surface area (Å²) < 4.78 is 0. The Balaban J connectivity index is 1.91. The molecule has 2 aliphatic heterocycles. The predicted octanol–water partition coefficient (Wildman–Crippen LogP) is 0.774. The van der Waals surface area contributed by atoms with E-state index in [1.807, 2.05) is 0 Å². The highest BCUT2D eigenvalue weighted by Crippen LogP contribution is 2.13. The Bertz CT molecular complexity index is 188. The van der Waals surface area contributed by atoms with Crippen LogP contribution in [-0.2, 0) is 0 Å². The lowest BCUT2D eigenvalue weighted by molar-refractivity contribution is 0.444. The Kier molecular flexibility index (Phi) is 2.19. The number of guanidine groups is 1. The van der Waals surface area contributed by atoms with Crippen molar-refractivity contribution in [2.75, 3.05) is 32.7 Å². The van der Waals surface area contributed by atoms with Gasteiger partial charge in [-0.05, 0) is 6.42 Å². The molecule has 0 N–H and O–H groups in total. The van der Waals surface area contributed by atoms with Crippen LogP contribution in [0, 0.1) is 0 Å². The molecule has 0 aromatic heterocycles. The topological polar surface area (TPSA) is 18.8 Å². The van der Waals surface area contributed by atoms with Crippen molar-refractivity contribution >= 4 is 5.96 Å². The van der Waals surface area contributed by atoms with Gasteiger partial charge in [0, 0.05) is 26.2 Å². The van der Waals surface area contributed by atoms with Crippen molar-refractivity contribution in [2.45, 2.75) is 19.8 Å². The zero-order chi connectivity index (χ0) is 8.39. The van der Waals surface area contributed by atoms with E-state index in [2.05, 4.69) is 21.7 Å². The minimum atomic E-state index is 1.01. The van der Waals surface area contributed by atoms with Crippen LogP contribution in [0.15, 0.2) is 4.99 Å². The summed E-state index contributed by atoms with van der Waals surface area (Å²) in [5, 5.41) is 0. The van der Waals surface area contributed by atoms with Crippen LogP contribution in [-0.4, -0.2) is 48.5 Å². The first-order valence-corrected chi connectivity index (χ1v) is 4.96. The highest BCUT2D eigenvalue weighted by atomic mass is 15.5. The SMILES string of the molecule is CCCCN1CCN2CCN=C12. The number of fused-ring (bicyclic) bond motifs is 1. The summed E-state index contributed by atoms with van der Waals surface area (Å²) in [6, 6.07) is 0. The summed E-state index contributed by atoms with van der Waals surface area (Å²) in [5.41, 5.74) is 0. The maximum absolute atomic E-state index is 4.50. The van der Waals surface area contributed by atoms with Crippen LogP contribution < -0.4 is 0 Å². The largest absolute Gasteiger partial charge is 0.341 e. The van der Waals surface area contributed by atoms with Crippen LogP contribution in [0.1, 0.15) is 19.8 Å². The lowest BCUT2D eigenvalue weighted by Crippen LogP contribution is -2.30. The summed E-state index contributed by atoms with van der Waals surface area (Å²) in [6.45, 7) is 7.99. The van der Waals surface area contributed by atoms with E-state index in [0.29, 0.717) is 0 Å². The number of aliphatic imine (C=N–C) groups is 1. The fourth-order valence-corrected chi connectivity index (χ4v) is 1.88. The molecule has 0 aromatic rings. The zero-order valence-corrected chi connectivity index (χ0v) is 7.79. The third-order valence-electron chi connectivity index (χ3n) is 2.61. The summed E-state index contributed by atoms with van der Waals surface area (Å²) in [4.78, 5) is 9.33. The molecule has 3 nitrogen and oxygen atoms in total. The maximum Gasteiger partial charge on any atom is 0.196 e. The molecule has 0 atom stereocenters. The van der Waals surface area contributed by atoms with E-state index in [-0.39, 0.29) is 0 Å². The van der Waals surface area contributed by atoms with Crippen molar-refractivity contribution in [1.29, 1.82) is 0 Å². The van der Waals surface area contributed by atoms with Crippen LogP contribution in [0.25, 0.3) is 0 Å². The van der Waals surface area contributed by atoms with Gasteiger partial charge >= 0.3 is 0 Å². The Labute approximate surface area is 74.1 Å². The quantitative estimate of drug-likeness (QED) is 0.618. The third kappa shape index (κ3) is 1.28. The van der Waals surface area contributed by atoms with Crippen LogP contribution in [0.5, 0.6) is 0 Å². The van der Waals surface area contributed by atoms with Crippen LogP contribution in [0.2, 0.25) is 0 Å². The van der Waals surface area contributed by atoms with Crippen molar-refractivity contribution in [3.8, 4) is 0 Å².